The molecule has 1 amide bonds. The van der Waals surface area contributed by atoms with E-state index < -0.39 is 0 Å². The first-order valence-electron chi connectivity index (χ1n) is 5.58. The highest BCUT2D eigenvalue weighted by Gasteiger charge is 2.04. The molecule has 1 aromatic heterocycles. The van der Waals surface area contributed by atoms with Crippen molar-refractivity contribution in [1.82, 2.24) is 15.6 Å². The van der Waals surface area contributed by atoms with Crippen LogP contribution in [0.2, 0.25) is 10.0 Å². The van der Waals surface area contributed by atoms with Crippen molar-refractivity contribution in [3.05, 3.63) is 55.9 Å². The lowest BCUT2D eigenvalue weighted by atomic mass is 10.2. The summed E-state index contributed by atoms with van der Waals surface area (Å²) >= 11 is 11.7. The second-order valence-electron chi connectivity index (χ2n) is 3.92. The van der Waals surface area contributed by atoms with Gasteiger partial charge in [0.15, 0.2) is 0 Å². The van der Waals surface area contributed by atoms with E-state index in [1.54, 1.807) is 18.2 Å². The van der Waals surface area contributed by atoms with Crippen LogP contribution in [0, 0.1) is 0 Å². The summed E-state index contributed by atoms with van der Waals surface area (Å²) < 4.78 is 0. The monoisotopic (exact) mass is 312 g/mol. The van der Waals surface area contributed by atoms with Crippen LogP contribution in [0.4, 0.5) is 0 Å². The summed E-state index contributed by atoms with van der Waals surface area (Å²) in [6.45, 7) is 0. The Bertz CT molecular complexity index is 705. The number of H-pyrrole nitrogens is 2. The fourth-order valence-electron chi connectivity index (χ4n) is 1.46. The van der Waals surface area contributed by atoms with Crippen molar-refractivity contribution >= 4 is 35.3 Å². The number of aromatic amines is 2. The van der Waals surface area contributed by atoms with Crippen LogP contribution in [0.5, 0.6) is 0 Å². The van der Waals surface area contributed by atoms with Crippen molar-refractivity contribution in [2.24, 2.45) is 5.10 Å². The van der Waals surface area contributed by atoms with Crippen LogP contribution < -0.4 is 11.0 Å². The predicted octanol–water partition coefficient (Wildman–Crippen LogP) is 1.70. The summed E-state index contributed by atoms with van der Waals surface area (Å²) in [4.78, 5) is 22.4. The maximum absolute atomic E-state index is 11.5. The first-order valence-corrected chi connectivity index (χ1v) is 6.34. The van der Waals surface area contributed by atoms with E-state index in [1.165, 1.54) is 12.3 Å². The number of carbonyl (C=O) groups is 1. The summed E-state index contributed by atoms with van der Waals surface area (Å²) in [7, 11) is 0. The van der Waals surface area contributed by atoms with Gasteiger partial charge in [0.05, 0.1) is 17.7 Å². The summed E-state index contributed by atoms with van der Waals surface area (Å²) in [6, 6.07) is 6.24. The van der Waals surface area contributed by atoms with E-state index in [1.807, 2.05) is 0 Å². The number of carbonyl (C=O) groups excluding carboxylic acids is 1. The van der Waals surface area contributed by atoms with E-state index in [9.17, 15) is 9.59 Å². The summed E-state index contributed by atoms with van der Waals surface area (Å²) in [5.74, 6) is -0.360. The lowest BCUT2D eigenvalue weighted by molar-refractivity contribution is -0.120. The highest BCUT2D eigenvalue weighted by Crippen LogP contribution is 2.19. The van der Waals surface area contributed by atoms with Gasteiger partial charge in [-0.05, 0) is 12.1 Å². The Morgan fingerprint density at radius 3 is 2.75 bits per heavy atom. The van der Waals surface area contributed by atoms with Gasteiger partial charge in [0.25, 0.3) is 5.56 Å². The molecule has 6 nitrogen and oxygen atoms in total. The van der Waals surface area contributed by atoms with Crippen LogP contribution in [0.25, 0.3) is 0 Å². The van der Waals surface area contributed by atoms with Crippen LogP contribution in [-0.4, -0.2) is 22.3 Å². The maximum Gasteiger partial charge on any atom is 0.264 e. The van der Waals surface area contributed by atoms with Gasteiger partial charge in [0.1, 0.15) is 0 Å². The molecule has 0 aliphatic heterocycles. The zero-order valence-corrected chi connectivity index (χ0v) is 11.6. The second kappa shape index (κ2) is 6.40. The standard InChI is InChI=1S/C12H10Cl2N4O2/c13-8-2-1-7(10(14)3-8)6-15-17-11(19)4-9-5-12(20)18-16-9/h1-3,5-6H,4H2,(H,17,19)(H2,16,18,20)/b15-6+. The van der Waals surface area contributed by atoms with E-state index in [2.05, 4.69) is 20.7 Å². The molecule has 104 valence electrons. The minimum absolute atomic E-state index is 0.0183. The number of hydrogen-bond acceptors (Lipinski definition) is 3. The van der Waals surface area contributed by atoms with Crippen LogP contribution in [0.3, 0.4) is 0 Å². The van der Waals surface area contributed by atoms with Crippen molar-refractivity contribution < 1.29 is 4.79 Å². The molecule has 0 saturated carbocycles. The molecule has 3 N–H and O–H groups in total. The molecule has 0 saturated heterocycles. The Balaban J connectivity index is 1.92. The Hall–Kier alpha value is -2.05. The van der Waals surface area contributed by atoms with Gasteiger partial charge in [0.2, 0.25) is 5.91 Å². The first-order chi connectivity index (χ1) is 9.54. The molecule has 0 atom stereocenters. The lowest BCUT2D eigenvalue weighted by Gasteiger charge is -1.99. The van der Waals surface area contributed by atoms with Crippen molar-refractivity contribution in [3.63, 3.8) is 0 Å². The number of amides is 1. The molecule has 8 heteroatoms. The minimum Gasteiger partial charge on any atom is -0.302 e. The first kappa shape index (κ1) is 14.4. The third-order valence-corrected chi connectivity index (χ3v) is 2.92. The molecule has 1 heterocycles. The third-order valence-electron chi connectivity index (χ3n) is 2.36. The number of halogens is 2. The maximum atomic E-state index is 11.5. The normalized spacial score (nSPS) is 10.9. The Morgan fingerprint density at radius 1 is 1.30 bits per heavy atom. The van der Waals surface area contributed by atoms with E-state index in [0.717, 1.165) is 0 Å². The topological polar surface area (TPSA) is 90.1 Å². The van der Waals surface area contributed by atoms with Crippen LogP contribution >= 0.6 is 23.2 Å². The van der Waals surface area contributed by atoms with Crippen LogP contribution in [0.1, 0.15) is 11.3 Å². The second-order valence-corrected chi connectivity index (χ2v) is 4.76. The fraction of sp³-hybridized carbons (Fsp3) is 0.0833. The molecule has 0 fully saturated rings. The van der Waals surface area contributed by atoms with E-state index >= 15 is 0 Å². The lowest BCUT2D eigenvalue weighted by Crippen LogP contribution is -2.20. The van der Waals surface area contributed by atoms with Gasteiger partial charge in [-0.3, -0.25) is 14.7 Å². The number of hydrogen-bond donors (Lipinski definition) is 3. The van der Waals surface area contributed by atoms with Crippen LogP contribution in [-0.2, 0) is 11.2 Å². The highest BCUT2D eigenvalue weighted by molar-refractivity contribution is 6.36. The number of nitrogens with one attached hydrogen (secondary N) is 3. The molecule has 1 aromatic carbocycles. The number of rotatable bonds is 4. The Morgan fingerprint density at radius 2 is 2.10 bits per heavy atom. The average molecular weight is 313 g/mol. The van der Waals surface area contributed by atoms with Gasteiger partial charge in [0, 0.05) is 22.3 Å². The van der Waals surface area contributed by atoms with E-state index in [-0.39, 0.29) is 17.9 Å². The molecule has 0 spiro atoms. The quantitative estimate of drug-likeness (QED) is 0.592. The number of aromatic nitrogens is 2. The van der Waals surface area contributed by atoms with Crippen molar-refractivity contribution in [2.45, 2.75) is 6.42 Å². The fourth-order valence-corrected chi connectivity index (χ4v) is 1.92. The molecule has 0 radical (unpaired) electrons. The highest BCUT2D eigenvalue weighted by atomic mass is 35.5. The molecule has 20 heavy (non-hydrogen) atoms. The Labute approximate surface area is 123 Å². The summed E-state index contributed by atoms with van der Waals surface area (Å²) in [6.07, 6.45) is 1.43. The van der Waals surface area contributed by atoms with Gasteiger partial charge in [-0.25, -0.2) is 5.43 Å². The van der Waals surface area contributed by atoms with Crippen molar-refractivity contribution in [3.8, 4) is 0 Å². The number of nitrogens with zero attached hydrogens (tertiary/aromatic N) is 1. The predicted molar refractivity (Wildman–Crippen MR) is 77.3 cm³/mol. The molecule has 0 aliphatic carbocycles. The van der Waals surface area contributed by atoms with E-state index in [0.29, 0.717) is 21.3 Å². The molecule has 0 unspecified atom stereocenters. The van der Waals surface area contributed by atoms with Crippen molar-refractivity contribution in [1.29, 1.82) is 0 Å². The molecular formula is C12H10Cl2N4O2. The minimum atomic E-state index is -0.360. The largest absolute Gasteiger partial charge is 0.302 e. The zero-order chi connectivity index (χ0) is 14.5. The molecule has 0 aliphatic rings. The molecule has 0 bridgehead atoms. The summed E-state index contributed by atoms with van der Waals surface area (Å²) in [5, 5.41) is 9.65. The van der Waals surface area contributed by atoms with Gasteiger partial charge < -0.3 is 5.10 Å². The smallest absolute Gasteiger partial charge is 0.264 e. The van der Waals surface area contributed by atoms with Crippen molar-refractivity contribution in [2.75, 3.05) is 0 Å². The third kappa shape index (κ3) is 3.97. The van der Waals surface area contributed by atoms with Gasteiger partial charge in [-0.2, -0.15) is 5.10 Å². The summed E-state index contributed by atoms with van der Waals surface area (Å²) in [5.41, 5.74) is 3.16. The molecular weight excluding hydrogens is 303 g/mol. The van der Waals surface area contributed by atoms with Gasteiger partial charge >= 0.3 is 0 Å². The van der Waals surface area contributed by atoms with Crippen LogP contribution in [0.15, 0.2) is 34.2 Å². The Kier molecular flexibility index (Phi) is 4.60. The average Bonchev–Trinajstić information content (AvgIpc) is 2.77. The van der Waals surface area contributed by atoms with Gasteiger partial charge in [-0.15, -0.1) is 0 Å². The molecule has 2 aromatic rings. The molecule has 2 rings (SSSR count). The zero-order valence-electron chi connectivity index (χ0n) is 10.1. The van der Waals surface area contributed by atoms with E-state index in [4.69, 9.17) is 23.2 Å². The number of benzene rings is 1. The number of hydrazone groups is 1. The van der Waals surface area contributed by atoms with Gasteiger partial charge in [-0.1, -0.05) is 29.3 Å². The SMILES string of the molecule is O=C(Cc1cc(=O)[nH][nH]1)N/N=C/c1ccc(Cl)cc1Cl.